The zero-order valence-corrected chi connectivity index (χ0v) is 13.1. The molecule has 1 aromatic carbocycles. The van der Waals surface area contributed by atoms with Gasteiger partial charge in [-0.15, -0.1) is 0 Å². The second kappa shape index (κ2) is 7.04. The highest BCUT2D eigenvalue weighted by Gasteiger charge is 2.32. The fourth-order valence-electron chi connectivity index (χ4n) is 3.13. The maximum Gasteiger partial charge on any atom is 0.142 e. The molecule has 1 aliphatic rings. The molecule has 4 heteroatoms. The molecular weight excluding hydrogens is 260 g/mol. The van der Waals surface area contributed by atoms with E-state index in [1.165, 1.54) is 0 Å². The van der Waals surface area contributed by atoms with Crippen molar-refractivity contribution in [3.63, 3.8) is 0 Å². The van der Waals surface area contributed by atoms with Crippen molar-refractivity contribution in [2.75, 3.05) is 33.2 Å². The van der Waals surface area contributed by atoms with Gasteiger partial charge in [-0.05, 0) is 45.1 Å². The number of hydrogen-bond donors (Lipinski definition) is 1. The molecule has 2 N–H and O–H groups in total. The zero-order valence-electron chi connectivity index (χ0n) is 13.1. The second-order valence-corrected chi connectivity index (χ2v) is 6.03. The fourth-order valence-corrected chi connectivity index (χ4v) is 3.13. The summed E-state index contributed by atoms with van der Waals surface area (Å²) in [6, 6.07) is 12.5. The molecule has 1 heterocycles. The number of nitriles is 1. The van der Waals surface area contributed by atoms with Gasteiger partial charge in [0.25, 0.3) is 0 Å². The van der Waals surface area contributed by atoms with Crippen molar-refractivity contribution >= 4 is 0 Å². The second-order valence-electron chi connectivity index (χ2n) is 6.03. The van der Waals surface area contributed by atoms with E-state index < -0.39 is 5.54 Å². The fraction of sp³-hybridized carbons (Fsp3) is 0.588. The standard InChI is InChI=1S/C17H26N4/c1-3-21-11-9-16(10-12-21)20(2)14-17(19,13-18)15-7-5-4-6-8-15/h4-8,16H,3,9-12,14,19H2,1-2H3. The summed E-state index contributed by atoms with van der Waals surface area (Å²) < 4.78 is 0. The molecule has 0 bridgehead atoms. The number of nitrogens with zero attached hydrogens (tertiary/aromatic N) is 3. The highest BCUT2D eigenvalue weighted by atomic mass is 15.2. The molecule has 21 heavy (non-hydrogen) atoms. The molecule has 1 unspecified atom stereocenters. The number of likely N-dealkylation sites (N-methyl/N-ethyl adjacent to an activating group) is 1. The van der Waals surface area contributed by atoms with E-state index in [-0.39, 0.29) is 0 Å². The molecule has 114 valence electrons. The van der Waals surface area contributed by atoms with Gasteiger partial charge in [-0.25, -0.2) is 0 Å². The Balaban J connectivity index is 2.01. The van der Waals surface area contributed by atoms with Gasteiger partial charge in [0.2, 0.25) is 0 Å². The van der Waals surface area contributed by atoms with Crippen LogP contribution in [-0.4, -0.2) is 49.1 Å². The Labute approximate surface area is 128 Å². The lowest BCUT2D eigenvalue weighted by atomic mass is 9.91. The van der Waals surface area contributed by atoms with Crippen molar-refractivity contribution in [3.05, 3.63) is 35.9 Å². The van der Waals surface area contributed by atoms with E-state index in [1.54, 1.807) is 0 Å². The van der Waals surface area contributed by atoms with Gasteiger partial charge < -0.3 is 15.5 Å². The molecule has 1 aliphatic heterocycles. The molecule has 1 fully saturated rings. The smallest absolute Gasteiger partial charge is 0.142 e. The van der Waals surface area contributed by atoms with E-state index >= 15 is 0 Å². The minimum Gasteiger partial charge on any atom is -0.309 e. The number of nitrogens with two attached hydrogens (primary N) is 1. The SMILES string of the molecule is CCN1CCC(N(C)CC(N)(C#N)c2ccccc2)CC1. The highest BCUT2D eigenvalue weighted by Crippen LogP contribution is 2.22. The summed E-state index contributed by atoms with van der Waals surface area (Å²) in [7, 11) is 2.09. The molecule has 1 atom stereocenters. The predicted molar refractivity (Wildman–Crippen MR) is 85.7 cm³/mol. The normalized spacial score (nSPS) is 20.1. The van der Waals surface area contributed by atoms with E-state index in [9.17, 15) is 5.26 Å². The van der Waals surface area contributed by atoms with Crippen molar-refractivity contribution in [1.29, 1.82) is 5.26 Å². The number of likely N-dealkylation sites (tertiary alicyclic amines) is 1. The summed E-state index contributed by atoms with van der Waals surface area (Å²) in [6.07, 6.45) is 2.31. The third kappa shape index (κ3) is 3.82. The first-order valence-corrected chi connectivity index (χ1v) is 7.77. The minimum absolute atomic E-state index is 0.521. The summed E-state index contributed by atoms with van der Waals surface area (Å²) in [5, 5.41) is 9.56. The van der Waals surface area contributed by atoms with E-state index in [0.29, 0.717) is 12.6 Å². The van der Waals surface area contributed by atoms with Crippen molar-refractivity contribution in [1.82, 2.24) is 9.80 Å². The van der Waals surface area contributed by atoms with E-state index in [2.05, 4.69) is 29.8 Å². The van der Waals surface area contributed by atoms with Crippen molar-refractivity contribution in [2.45, 2.75) is 31.3 Å². The Bertz CT molecular complexity index is 473. The lowest BCUT2D eigenvalue weighted by Crippen LogP contribution is -2.51. The van der Waals surface area contributed by atoms with E-state index in [1.807, 2.05) is 30.3 Å². The Hall–Kier alpha value is -1.41. The van der Waals surface area contributed by atoms with E-state index in [4.69, 9.17) is 5.73 Å². The van der Waals surface area contributed by atoms with Crippen LogP contribution in [0.3, 0.4) is 0 Å². The maximum atomic E-state index is 9.56. The van der Waals surface area contributed by atoms with Crippen LogP contribution in [-0.2, 0) is 5.54 Å². The Morgan fingerprint density at radius 1 is 1.33 bits per heavy atom. The van der Waals surface area contributed by atoms with Crippen LogP contribution in [0.5, 0.6) is 0 Å². The molecule has 0 aromatic heterocycles. The predicted octanol–water partition coefficient (Wildman–Crippen LogP) is 1.78. The van der Waals surface area contributed by atoms with Gasteiger partial charge >= 0.3 is 0 Å². The monoisotopic (exact) mass is 286 g/mol. The number of benzene rings is 1. The number of rotatable bonds is 5. The molecule has 0 saturated carbocycles. The molecular formula is C17H26N4. The molecule has 2 rings (SSSR count). The van der Waals surface area contributed by atoms with Crippen molar-refractivity contribution in [2.24, 2.45) is 5.73 Å². The average Bonchev–Trinajstić information content (AvgIpc) is 2.55. The lowest BCUT2D eigenvalue weighted by molar-refractivity contribution is 0.119. The van der Waals surface area contributed by atoms with Crippen LogP contribution in [0, 0.1) is 11.3 Å². The quantitative estimate of drug-likeness (QED) is 0.896. The molecule has 0 radical (unpaired) electrons. The van der Waals surface area contributed by atoms with E-state index in [0.717, 1.165) is 38.0 Å². The van der Waals surface area contributed by atoms with Crippen LogP contribution >= 0.6 is 0 Å². The van der Waals surface area contributed by atoms with Gasteiger partial charge in [0.05, 0.1) is 6.07 Å². The Kier molecular flexibility index (Phi) is 5.35. The lowest BCUT2D eigenvalue weighted by Gasteiger charge is -2.38. The molecule has 0 amide bonds. The van der Waals surface area contributed by atoms with Gasteiger partial charge in [-0.3, -0.25) is 0 Å². The van der Waals surface area contributed by atoms with Crippen LogP contribution in [0.4, 0.5) is 0 Å². The third-order valence-electron chi connectivity index (χ3n) is 4.61. The summed E-state index contributed by atoms with van der Waals surface area (Å²) in [4.78, 5) is 4.74. The summed E-state index contributed by atoms with van der Waals surface area (Å²) in [6.45, 7) is 6.19. The molecule has 1 saturated heterocycles. The largest absolute Gasteiger partial charge is 0.309 e. The van der Waals surface area contributed by atoms with Crippen molar-refractivity contribution < 1.29 is 0 Å². The topological polar surface area (TPSA) is 56.3 Å². The first-order valence-electron chi connectivity index (χ1n) is 7.77. The van der Waals surface area contributed by atoms with Gasteiger partial charge in [0.1, 0.15) is 5.54 Å². The highest BCUT2D eigenvalue weighted by molar-refractivity contribution is 5.31. The Morgan fingerprint density at radius 3 is 2.48 bits per heavy atom. The van der Waals surface area contributed by atoms with Crippen LogP contribution in [0.2, 0.25) is 0 Å². The molecule has 4 nitrogen and oxygen atoms in total. The van der Waals surface area contributed by atoms with Gasteiger partial charge in [0.15, 0.2) is 0 Å². The van der Waals surface area contributed by atoms with Gasteiger partial charge in [-0.2, -0.15) is 5.26 Å². The average molecular weight is 286 g/mol. The summed E-state index contributed by atoms with van der Waals surface area (Å²) in [5.41, 5.74) is 6.33. The van der Waals surface area contributed by atoms with Crippen LogP contribution in [0.1, 0.15) is 25.3 Å². The van der Waals surface area contributed by atoms with Crippen LogP contribution in [0.25, 0.3) is 0 Å². The van der Waals surface area contributed by atoms with Gasteiger partial charge in [-0.1, -0.05) is 37.3 Å². The minimum atomic E-state index is -0.933. The Morgan fingerprint density at radius 2 is 1.95 bits per heavy atom. The number of hydrogen-bond acceptors (Lipinski definition) is 4. The number of piperidine rings is 1. The molecule has 0 spiro atoms. The molecule has 0 aliphatic carbocycles. The van der Waals surface area contributed by atoms with Crippen molar-refractivity contribution in [3.8, 4) is 6.07 Å². The summed E-state index contributed by atoms with van der Waals surface area (Å²) >= 11 is 0. The summed E-state index contributed by atoms with van der Waals surface area (Å²) in [5.74, 6) is 0. The third-order valence-corrected chi connectivity index (χ3v) is 4.61. The molecule has 1 aromatic rings. The van der Waals surface area contributed by atoms with Crippen LogP contribution in [0.15, 0.2) is 30.3 Å². The first kappa shape index (κ1) is 16.0. The first-order chi connectivity index (χ1) is 10.1. The van der Waals surface area contributed by atoms with Gasteiger partial charge in [0, 0.05) is 12.6 Å². The zero-order chi connectivity index (χ0) is 15.3. The van der Waals surface area contributed by atoms with Crippen LogP contribution < -0.4 is 5.73 Å². The maximum absolute atomic E-state index is 9.56.